The van der Waals surface area contributed by atoms with Gasteiger partial charge in [-0.1, -0.05) is 0 Å². The fraction of sp³-hybridized carbons (Fsp3) is 0.682. The summed E-state index contributed by atoms with van der Waals surface area (Å²) in [4.78, 5) is 25.2. The minimum Gasteiger partial charge on any atom is -0.369 e. The van der Waals surface area contributed by atoms with Crippen LogP contribution in [-0.2, 0) is 21.0 Å². The SMILES string of the molecule is CC(C)(C=Cn1ncc(C(=O)NC2C3CC4CC2CC(C(N)=O)(C4)C3)c1C(F)(F)F)NS(C)(=O)=O. The van der Waals surface area contributed by atoms with E-state index >= 15 is 0 Å². The third-order valence-electron chi connectivity index (χ3n) is 7.48. The Kier molecular flexibility index (Phi) is 6.11. The first kappa shape index (κ1) is 25.7. The molecule has 4 fully saturated rings. The summed E-state index contributed by atoms with van der Waals surface area (Å²) >= 11 is 0. The van der Waals surface area contributed by atoms with E-state index in [1.807, 2.05) is 0 Å². The summed E-state index contributed by atoms with van der Waals surface area (Å²) in [5, 5.41) is 6.54. The summed E-state index contributed by atoms with van der Waals surface area (Å²) in [5.41, 5.74) is 2.05. The number of aromatic nitrogens is 2. The molecule has 2 amide bonds. The number of rotatable bonds is 7. The van der Waals surface area contributed by atoms with Crippen LogP contribution in [0.5, 0.6) is 0 Å². The lowest BCUT2D eigenvalue weighted by Crippen LogP contribution is -2.62. The van der Waals surface area contributed by atoms with Gasteiger partial charge in [0.05, 0.1) is 18.0 Å². The van der Waals surface area contributed by atoms with Crippen LogP contribution in [-0.4, -0.2) is 47.8 Å². The topological polar surface area (TPSA) is 136 Å². The van der Waals surface area contributed by atoms with Crippen molar-refractivity contribution in [1.82, 2.24) is 19.8 Å². The van der Waals surface area contributed by atoms with E-state index in [4.69, 9.17) is 5.73 Å². The standard InChI is InChI=1S/C22H30F3N5O4S/c1-20(2,29-35(3,33)34)4-5-30-17(22(23,24)25)15(11-27-30)18(31)28-16-13-6-12-7-14(16)10-21(8-12,9-13)19(26)32/h4-5,11-14,16,29H,6-10H2,1-3H3,(H2,26,32)(H,28,31). The van der Waals surface area contributed by atoms with Crippen molar-refractivity contribution in [3.05, 3.63) is 23.5 Å². The van der Waals surface area contributed by atoms with Gasteiger partial charge in [0.15, 0.2) is 5.69 Å². The molecule has 2 unspecified atom stereocenters. The zero-order chi connectivity index (χ0) is 26.0. The monoisotopic (exact) mass is 517 g/mol. The molecule has 1 aromatic rings. The second kappa shape index (κ2) is 8.32. The van der Waals surface area contributed by atoms with Crippen molar-refractivity contribution in [3.63, 3.8) is 0 Å². The third kappa shape index (κ3) is 5.11. The fourth-order valence-electron chi connectivity index (χ4n) is 6.48. The number of sulfonamides is 1. The predicted molar refractivity (Wildman–Crippen MR) is 121 cm³/mol. The highest BCUT2D eigenvalue weighted by Crippen LogP contribution is 2.60. The Morgan fingerprint density at radius 3 is 2.31 bits per heavy atom. The summed E-state index contributed by atoms with van der Waals surface area (Å²) in [5.74, 6) is -0.885. The van der Waals surface area contributed by atoms with Crippen LogP contribution in [0, 0.1) is 23.2 Å². The molecule has 0 spiro atoms. The molecule has 0 radical (unpaired) electrons. The van der Waals surface area contributed by atoms with Crippen LogP contribution in [0.25, 0.3) is 6.20 Å². The van der Waals surface area contributed by atoms with Gasteiger partial charge in [-0.25, -0.2) is 17.8 Å². The molecular formula is C22H30F3N5O4S. The van der Waals surface area contributed by atoms with E-state index in [1.165, 1.54) is 19.9 Å². The van der Waals surface area contributed by atoms with E-state index in [9.17, 15) is 31.2 Å². The number of hydrogen-bond acceptors (Lipinski definition) is 5. The Hall–Kier alpha value is -2.41. The van der Waals surface area contributed by atoms with Gasteiger partial charge in [0.2, 0.25) is 15.9 Å². The molecule has 0 aliphatic heterocycles. The van der Waals surface area contributed by atoms with Crippen LogP contribution in [0.1, 0.15) is 62.0 Å². The van der Waals surface area contributed by atoms with E-state index in [1.54, 1.807) is 0 Å². The number of alkyl halides is 3. The summed E-state index contributed by atoms with van der Waals surface area (Å²) in [6, 6.07) is -0.329. The summed E-state index contributed by atoms with van der Waals surface area (Å²) < 4.78 is 67.7. The number of carbonyl (C=O) groups is 2. The zero-order valence-corrected chi connectivity index (χ0v) is 20.5. The molecule has 1 heterocycles. The maximum Gasteiger partial charge on any atom is 0.434 e. The highest BCUT2D eigenvalue weighted by atomic mass is 32.2. The highest BCUT2D eigenvalue weighted by Gasteiger charge is 2.58. The van der Waals surface area contributed by atoms with Gasteiger partial charge in [0.1, 0.15) is 0 Å². The van der Waals surface area contributed by atoms with Gasteiger partial charge < -0.3 is 11.1 Å². The molecular weight excluding hydrogens is 487 g/mol. The minimum atomic E-state index is -4.89. The maximum absolute atomic E-state index is 14.0. The van der Waals surface area contributed by atoms with Crippen molar-refractivity contribution in [2.45, 2.75) is 63.7 Å². The second-order valence-corrected chi connectivity index (χ2v) is 12.6. The largest absolute Gasteiger partial charge is 0.434 e. The molecule has 194 valence electrons. The van der Waals surface area contributed by atoms with Gasteiger partial charge >= 0.3 is 6.18 Å². The Labute approximate surface area is 201 Å². The summed E-state index contributed by atoms with van der Waals surface area (Å²) in [7, 11) is -3.61. The first-order valence-electron chi connectivity index (χ1n) is 11.4. The second-order valence-electron chi connectivity index (χ2n) is 10.9. The zero-order valence-electron chi connectivity index (χ0n) is 19.7. The van der Waals surface area contributed by atoms with E-state index in [2.05, 4.69) is 15.1 Å². The van der Waals surface area contributed by atoms with E-state index < -0.39 is 44.3 Å². The minimum absolute atomic E-state index is 0.00940. The number of nitrogens with two attached hydrogens (primary N) is 1. The van der Waals surface area contributed by atoms with Crippen LogP contribution >= 0.6 is 0 Å². The predicted octanol–water partition coefficient (Wildman–Crippen LogP) is 2.11. The lowest BCUT2D eigenvalue weighted by Gasteiger charge is -2.58. The van der Waals surface area contributed by atoms with Crippen molar-refractivity contribution in [1.29, 1.82) is 0 Å². The van der Waals surface area contributed by atoms with Gasteiger partial charge in [-0.15, -0.1) is 0 Å². The van der Waals surface area contributed by atoms with Crippen LogP contribution in [0.2, 0.25) is 0 Å². The average molecular weight is 518 g/mol. The lowest BCUT2D eigenvalue weighted by molar-refractivity contribution is -0.145. The number of hydrogen-bond donors (Lipinski definition) is 3. The fourth-order valence-corrected chi connectivity index (χ4v) is 7.51. The van der Waals surface area contributed by atoms with Crippen LogP contribution in [0.15, 0.2) is 12.3 Å². The average Bonchev–Trinajstić information content (AvgIpc) is 3.11. The van der Waals surface area contributed by atoms with Gasteiger partial charge in [-0.3, -0.25) is 9.59 Å². The van der Waals surface area contributed by atoms with Crippen molar-refractivity contribution < 1.29 is 31.2 Å². The quantitative estimate of drug-likeness (QED) is 0.509. The molecule has 0 saturated heterocycles. The number of carbonyl (C=O) groups excluding carboxylic acids is 2. The molecule has 35 heavy (non-hydrogen) atoms. The lowest BCUT2D eigenvalue weighted by atomic mass is 9.47. The van der Waals surface area contributed by atoms with Crippen molar-refractivity contribution >= 4 is 28.0 Å². The number of nitrogens with zero attached hydrogens (tertiary/aromatic N) is 2. The summed E-state index contributed by atoms with van der Waals surface area (Å²) in [6.07, 6.45) is 2.57. The van der Waals surface area contributed by atoms with Gasteiger partial charge in [0.25, 0.3) is 5.91 Å². The third-order valence-corrected chi connectivity index (χ3v) is 8.38. The van der Waals surface area contributed by atoms with E-state index in [0.717, 1.165) is 37.9 Å². The van der Waals surface area contributed by atoms with Crippen molar-refractivity contribution in [2.75, 3.05) is 6.26 Å². The van der Waals surface area contributed by atoms with Gasteiger partial charge in [-0.05, 0) is 69.8 Å². The molecule has 9 nitrogen and oxygen atoms in total. The van der Waals surface area contributed by atoms with Gasteiger partial charge in [-0.2, -0.15) is 18.3 Å². The van der Waals surface area contributed by atoms with E-state index in [0.29, 0.717) is 23.4 Å². The molecule has 5 rings (SSSR count). The molecule has 4 N–H and O–H groups in total. The Morgan fingerprint density at radius 1 is 1.20 bits per heavy atom. The first-order valence-corrected chi connectivity index (χ1v) is 13.3. The normalized spacial score (nSPS) is 30.7. The van der Waals surface area contributed by atoms with Gasteiger partial charge in [0, 0.05) is 23.2 Å². The molecule has 1 aromatic heterocycles. The Bertz CT molecular complexity index is 1160. The van der Waals surface area contributed by atoms with Crippen LogP contribution in [0.3, 0.4) is 0 Å². The van der Waals surface area contributed by atoms with Crippen molar-refractivity contribution in [3.8, 4) is 0 Å². The van der Waals surface area contributed by atoms with Crippen LogP contribution in [0.4, 0.5) is 13.2 Å². The summed E-state index contributed by atoms with van der Waals surface area (Å²) in [6.45, 7) is 2.94. The van der Waals surface area contributed by atoms with Crippen LogP contribution < -0.4 is 15.8 Å². The number of amides is 2. The highest BCUT2D eigenvalue weighted by molar-refractivity contribution is 7.88. The van der Waals surface area contributed by atoms with E-state index in [-0.39, 0.29) is 23.8 Å². The Morgan fingerprint density at radius 2 is 1.80 bits per heavy atom. The molecule has 13 heteroatoms. The maximum atomic E-state index is 14.0. The molecule has 4 saturated carbocycles. The number of halogens is 3. The molecule has 0 aromatic carbocycles. The number of primary amides is 1. The molecule has 4 aliphatic carbocycles. The van der Waals surface area contributed by atoms with Crippen molar-refractivity contribution in [2.24, 2.45) is 28.9 Å². The molecule has 2 atom stereocenters. The smallest absolute Gasteiger partial charge is 0.369 e. The molecule has 4 bridgehead atoms. The Balaban J connectivity index is 1.57. The first-order chi connectivity index (χ1) is 16.0. The molecule has 4 aliphatic rings. The number of nitrogens with one attached hydrogen (secondary N) is 2.